The Morgan fingerprint density at radius 3 is 2.10 bits per heavy atom. The number of amides is 4. The quantitative estimate of drug-likeness (QED) is 0.795. The summed E-state index contributed by atoms with van der Waals surface area (Å²) in [5.74, 6) is -0.610. The second-order valence-corrected chi connectivity index (χ2v) is 7.31. The first-order chi connectivity index (χ1) is 9.97. The molecule has 0 aromatic rings. The summed E-state index contributed by atoms with van der Waals surface area (Å²) in [6.07, 6.45) is 8.31. The summed E-state index contributed by atoms with van der Waals surface area (Å²) in [7, 11) is 0. The predicted molar refractivity (Wildman–Crippen MR) is 77.3 cm³/mol. The fourth-order valence-corrected chi connectivity index (χ4v) is 3.97. The molecule has 0 radical (unpaired) electrons. The number of nitrogens with one attached hydrogen (secondary N) is 1. The van der Waals surface area contributed by atoms with Crippen molar-refractivity contribution < 1.29 is 14.4 Å². The van der Waals surface area contributed by atoms with Crippen LogP contribution in [0.25, 0.3) is 0 Å². The number of barbiturate groups is 1. The van der Waals surface area contributed by atoms with Crippen molar-refractivity contribution in [2.45, 2.75) is 64.7 Å². The number of carbonyl (C=O) groups excluding carboxylic acids is 3. The monoisotopic (exact) mass is 292 g/mol. The Bertz CT molecular complexity index is 474. The van der Waals surface area contributed by atoms with E-state index < -0.39 is 11.4 Å². The minimum Gasteiger partial charge on any atom is -0.277 e. The van der Waals surface area contributed by atoms with E-state index in [0.717, 1.165) is 44.9 Å². The third kappa shape index (κ3) is 2.36. The summed E-state index contributed by atoms with van der Waals surface area (Å²) in [5, 5.41) is 2.45. The van der Waals surface area contributed by atoms with E-state index in [4.69, 9.17) is 0 Å². The second-order valence-electron chi connectivity index (χ2n) is 7.31. The SMILES string of the molecule is CC1(CN2C(=O)NC(=O)C3(CCCCCC3)C2=O)CCC1. The van der Waals surface area contributed by atoms with E-state index in [9.17, 15) is 14.4 Å². The maximum Gasteiger partial charge on any atom is 0.330 e. The molecule has 5 heteroatoms. The lowest BCUT2D eigenvalue weighted by Crippen LogP contribution is -2.65. The van der Waals surface area contributed by atoms with Crippen LogP contribution in [0.1, 0.15) is 64.7 Å². The average Bonchev–Trinajstić information content (AvgIpc) is 2.67. The Kier molecular flexibility index (Phi) is 3.54. The van der Waals surface area contributed by atoms with Gasteiger partial charge in [0.05, 0.1) is 0 Å². The Labute approximate surface area is 125 Å². The summed E-state index contributed by atoms with van der Waals surface area (Å²) < 4.78 is 0. The lowest BCUT2D eigenvalue weighted by atomic mass is 9.69. The molecule has 5 nitrogen and oxygen atoms in total. The smallest absolute Gasteiger partial charge is 0.277 e. The van der Waals surface area contributed by atoms with Crippen LogP contribution in [0, 0.1) is 10.8 Å². The molecule has 0 unspecified atom stereocenters. The van der Waals surface area contributed by atoms with Crippen LogP contribution in [0.3, 0.4) is 0 Å². The highest BCUT2D eigenvalue weighted by molar-refractivity contribution is 6.19. The van der Waals surface area contributed by atoms with Crippen molar-refractivity contribution in [3.05, 3.63) is 0 Å². The van der Waals surface area contributed by atoms with E-state index in [1.54, 1.807) is 0 Å². The molecular formula is C16H24N2O3. The van der Waals surface area contributed by atoms with E-state index in [0.29, 0.717) is 19.4 Å². The summed E-state index contributed by atoms with van der Waals surface area (Å²) in [5.41, 5.74) is -0.941. The van der Waals surface area contributed by atoms with Gasteiger partial charge in [0.1, 0.15) is 5.41 Å². The maximum absolute atomic E-state index is 12.9. The minimum absolute atomic E-state index is 0.0410. The summed E-state index contributed by atoms with van der Waals surface area (Å²) >= 11 is 0. The lowest BCUT2D eigenvalue weighted by Gasteiger charge is -2.45. The minimum atomic E-state index is -0.982. The highest BCUT2D eigenvalue weighted by Crippen LogP contribution is 2.44. The van der Waals surface area contributed by atoms with Gasteiger partial charge in [-0.3, -0.25) is 19.8 Å². The van der Waals surface area contributed by atoms with Crippen molar-refractivity contribution in [2.24, 2.45) is 10.8 Å². The molecule has 1 heterocycles. The number of urea groups is 1. The van der Waals surface area contributed by atoms with Gasteiger partial charge in [-0.2, -0.15) is 0 Å². The van der Waals surface area contributed by atoms with Crippen LogP contribution in [0.15, 0.2) is 0 Å². The van der Waals surface area contributed by atoms with Gasteiger partial charge in [-0.05, 0) is 31.1 Å². The molecule has 0 aromatic carbocycles. The van der Waals surface area contributed by atoms with E-state index in [2.05, 4.69) is 12.2 Å². The molecule has 3 fully saturated rings. The van der Waals surface area contributed by atoms with Crippen LogP contribution in [0.5, 0.6) is 0 Å². The summed E-state index contributed by atoms with van der Waals surface area (Å²) in [6.45, 7) is 2.57. The third-order valence-corrected chi connectivity index (χ3v) is 5.61. The van der Waals surface area contributed by atoms with Crippen molar-refractivity contribution in [3.8, 4) is 0 Å². The Balaban J connectivity index is 1.85. The Morgan fingerprint density at radius 1 is 0.952 bits per heavy atom. The van der Waals surface area contributed by atoms with Gasteiger partial charge in [0.2, 0.25) is 11.8 Å². The first-order valence-electron chi connectivity index (χ1n) is 8.14. The van der Waals surface area contributed by atoms with Gasteiger partial charge in [-0.25, -0.2) is 4.79 Å². The van der Waals surface area contributed by atoms with E-state index in [1.807, 2.05) is 0 Å². The van der Waals surface area contributed by atoms with Crippen LogP contribution in [0.4, 0.5) is 4.79 Å². The normalized spacial score (nSPS) is 28.0. The zero-order valence-electron chi connectivity index (χ0n) is 12.7. The van der Waals surface area contributed by atoms with Crippen molar-refractivity contribution >= 4 is 17.8 Å². The van der Waals surface area contributed by atoms with Gasteiger partial charge >= 0.3 is 6.03 Å². The molecule has 0 aromatic heterocycles. The second kappa shape index (κ2) is 5.11. The first kappa shape index (κ1) is 14.5. The third-order valence-electron chi connectivity index (χ3n) is 5.61. The molecule has 2 aliphatic carbocycles. The van der Waals surface area contributed by atoms with Crippen LogP contribution in [0.2, 0.25) is 0 Å². The molecule has 1 aliphatic heterocycles. The molecule has 1 N–H and O–H groups in total. The molecule has 21 heavy (non-hydrogen) atoms. The number of rotatable bonds is 2. The van der Waals surface area contributed by atoms with Gasteiger partial charge in [-0.1, -0.05) is 39.0 Å². The van der Waals surface area contributed by atoms with E-state index in [1.165, 1.54) is 4.90 Å². The van der Waals surface area contributed by atoms with Gasteiger partial charge in [0.15, 0.2) is 0 Å². The first-order valence-corrected chi connectivity index (χ1v) is 8.14. The van der Waals surface area contributed by atoms with Gasteiger partial charge in [0, 0.05) is 6.54 Å². The van der Waals surface area contributed by atoms with E-state index >= 15 is 0 Å². The zero-order chi connectivity index (χ0) is 15.1. The molecular weight excluding hydrogens is 268 g/mol. The van der Waals surface area contributed by atoms with Crippen LogP contribution in [-0.2, 0) is 9.59 Å². The van der Waals surface area contributed by atoms with Gasteiger partial charge in [-0.15, -0.1) is 0 Å². The van der Waals surface area contributed by atoms with Crippen molar-refractivity contribution in [1.29, 1.82) is 0 Å². The molecule has 1 spiro atoms. The molecule has 0 atom stereocenters. The zero-order valence-corrected chi connectivity index (χ0v) is 12.7. The number of hydrogen-bond donors (Lipinski definition) is 1. The van der Waals surface area contributed by atoms with Crippen LogP contribution in [-0.4, -0.2) is 29.3 Å². The molecule has 0 bridgehead atoms. The van der Waals surface area contributed by atoms with Crippen molar-refractivity contribution in [2.75, 3.05) is 6.54 Å². The molecule has 2 saturated carbocycles. The molecule has 116 valence electrons. The standard InChI is InChI=1S/C16H24N2O3/c1-15(7-6-8-15)11-18-13(20)16(12(19)17-14(18)21)9-4-2-3-5-10-16/h2-11H2,1H3,(H,17,19,21). The molecule has 1 saturated heterocycles. The highest BCUT2D eigenvalue weighted by Gasteiger charge is 2.54. The number of nitrogens with zero attached hydrogens (tertiary/aromatic N) is 1. The molecule has 4 amide bonds. The number of carbonyl (C=O) groups is 3. The highest BCUT2D eigenvalue weighted by atomic mass is 16.2. The average molecular weight is 292 g/mol. The largest absolute Gasteiger partial charge is 0.330 e. The topological polar surface area (TPSA) is 66.5 Å². The Hall–Kier alpha value is -1.39. The van der Waals surface area contributed by atoms with Crippen LogP contribution < -0.4 is 5.32 Å². The van der Waals surface area contributed by atoms with E-state index in [-0.39, 0.29) is 17.2 Å². The summed E-state index contributed by atoms with van der Waals surface area (Å²) in [4.78, 5) is 38.7. The molecule has 3 rings (SSSR count). The van der Waals surface area contributed by atoms with Crippen molar-refractivity contribution in [3.63, 3.8) is 0 Å². The Morgan fingerprint density at radius 2 is 1.57 bits per heavy atom. The summed E-state index contributed by atoms with van der Waals surface area (Å²) in [6, 6.07) is -0.520. The van der Waals surface area contributed by atoms with Crippen molar-refractivity contribution in [1.82, 2.24) is 10.2 Å². The van der Waals surface area contributed by atoms with Crippen LogP contribution >= 0.6 is 0 Å². The predicted octanol–water partition coefficient (Wildman–Crippen LogP) is 2.60. The van der Waals surface area contributed by atoms with Gasteiger partial charge in [0.25, 0.3) is 0 Å². The maximum atomic E-state index is 12.9. The fraction of sp³-hybridized carbons (Fsp3) is 0.812. The lowest BCUT2D eigenvalue weighted by molar-refractivity contribution is -0.154. The number of hydrogen-bond acceptors (Lipinski definition) is 3. The number of imide groups is 2. The van der Waals surface area contributed by atoms with Gasteiger partial charge < -0.3 is 0 Å². The fourth-order valence-electron chi connectivity index (χ4n) is 3.97. The molecule has 3 aliphatic rings.